The summed E-state index contributed by atoms with van der Waals surface area (Å²) in [4.78, 5) is 23.4. The van der Waals surface area contributed by atoms with Crippen LogP contribution in [0.2, 0.25) is 0 Å². The first-order valence-electron chi connectivity index (χ1n) is 12.8. The molecule has 8 nitrogen and oxygen atoms in total. The molecule has 2 aromatic carbocycles. The fourth-order valence-corrected chi connectivity index (χ4v) is 5.22. The molecule has 198 valence electrons. The minimum Gasteiger partial charge on any atom is -0.484 e. The average Bonchev–Trinajstić information content (AvgIpc) is 3.62. The molecule has 40 heavy (non-hydrogen) atoms. The van der Waals surface area contributed by atoms with Crippen LogP contribution in [0.15, 0.2) is 122 Å². The van der Waals surface area contributed by atoms with Crippen molar-refractivity contribution in [3.63, 3.8) is 0 Å². The number of carbonyl (C=O) groups is 1. The number of pyridine rings is 2. The predicted molar refractivity (Wildman–Crippen MR) is 159 cm³/mol. The highest BCUT2D eigenvalue weighted by Crippen LogP contribution is 2.42. The molecule has 0 bridgehead atoms. The quantitative estimate of drug-likeness (QED) is 0.250. The minimum atomic E-state index is -0.238. The lowest BCUT2D eigenvalue weighted by molar-refractivity contribution is -0.118. The molecule has 1 aliphatic rings. The molecule has 2 atom stereocenters. The number of ether oxygens (including phenoxy) is 1. The summed E-state index contributed by atoms with van der Waals surface area (Å²) >= 11 is 5.88. The number of nitrogens with one attached hydrogen (secondary N) is 2. The van der Waals surface area contributed by atoms with Gasteiger partial charge in [0.25, 0.3) is 5.91 Å². The van der Waals surface area contributed by atoms with Gasteiger partial charge in [0.2, 0.25) is 0 Å². The van der Waals surface area contributed by atoms with Crippen molar-refractivity contribution in [2.75, 3.05) is 16.8 Å². The van der Waals surface area contributed by atoms with E-state index in [0.717, 1.165) is 22.8 Å². The third-order valence-corrected chi connectivity index (χ3v) is 6.98. The summed E-state index contributed by atoms with van der Waals surface area (Å²) in [5.74, 6) is 0.409. The molecule has 5 aromatic rings. The highest BCUT2D eigenvalue weighted by molar-refractivity contribution is 7.80. The van der Waals surface area contributed by atoms with Gasteiger partial charge in [-0.05, 0) is 85.0 Å². The van der Waals surface area contributed by atoms with Crippen LogP contribution < -0.4 is 20.3 Å². The lowest BCUT2D eigenvalue weighted by Crippen LogP contribution is -2.30. The van der Waals surface area contributed by atoms with E-state index < -0.39 is 0 Å². The Bertz CT molecular complexity index is 1590. The fraction of sp³-hybridized carbons (Fsp3) is 0.0968. The van der Waals surface area contributed by atoms with Crippen molar-refractivity contribution >= 4 is 34.6 Å². The van der Waals surface area contributed by atoms with Crippen LogP contribution in [0.3, 0.4) is 0 Å². The number of amides is 1. The number of benzene rings is 2. The van der Waals surface area contributed by atoms with Gasteiger partial charge >= 0.3 is 0 Å². The Kier molecular flexibility index (Phi) is 7.19. The zero-order valence-electron chi connectivity index (χ0n) is 21.4. The van der Waals surface area contributed by atoms with E-state index in [2.05, 4.69) is 36.1 Å². The van der Waals surface area contributed by atoms with Crippen LogP contribution in [0, 0.1) is 0 Å². The summed E-state index contributed by atoms with van der Waals surface area (Å²) in [6.07, 6.45) is 7.39. The SMILES string of the molecule is O=C(COc1ccccc1)Nc1ccc(N2C(=S)N[C@@H](c3ccccn3)[C@H]2c2cccn2-c2ccncc2)cc1. The Morgan fingerprint density at radius 1 is 0.875 bits per heavy atom. The molecule has 0 radical (unpaired) electrons. The lowest BCUT2D eigenvalue weighted by atomic mass is 10.0. The van der Waals surface area contributed by atoms with Crippen molar-refractivity contribution in [2.24, 2.45) is 0 Å². The summed E-state index contributed by atoms with van der Waals surface area (Å²) in [6, 6.07) is 30.5. The standard InChI is InChI=1S/C31H26N6O2S/c38-28(21-39-25-7-2-1-3-8-25)34-22-11-13-24(14-12-22)37-30(29(35-31(37)40)26-9-4-5-17-33-26)27-10-6-20-36(27)23-15-18-32-19-16-23/h1-20,29-30H,21H2,(H,34,38)(H,35,40)/t29-,30+/m0/s1. The highest BCUT2D eigenvalue weighted by atomic mass is 32.1. The molecular weight excluding hydrogens is 520 g/mol. The Morgan fingerprint density at radius 2 is 1.65 bits per heavy atom. The van der Waals surface area contributed by atoms with Crippen LogP contribution in [-0.2, 0) is 4.79 Å². The van der Waals surface area contributed by atoms with E-state index in [-0.39, 0.29) is 24.6 Å². The molecule has 0 spiro atoms. The van der Waals surface area contributed by atoms with Gasteiger partial charge in [-0.1, -0.05) is 24.3 Å². The first kappa shape index (κ1) is 25.3. The second-order valence-corrected chi connectivity index (χ2v) is 9.59. The zero-order valence-corrected chi connectivity index (χ0v) is 22.2. The van der Waals surface area contributed by atoms with Gasteiger partial charge in [-0.2, -0.15) is 0 Å². The second-order valence-electron chi connectivity index (χ2n) is 9.20. The van der Waals surface area contributed by atoms with E-state index in [4.69, 9.17) is 17.0 Å². The van der Waals surface area contributed by atoms with E-state index in [9.17, 15) is 4.79 Å². The van der Waals surface area contributed by atoms with Gasteiger partial charge in [0.1, 0.15) is 11.8 Å². The second kappa shape index (κ2) is 11.4. The summed E-state index contributed by atoms with van der Waals surface area (Å²) in [5, 5.41) is 6.99. The molecule has 9 heteroatoms. The molecular formula is C31H26N6O2S. The summed E-state index contributed by atoms with van der Waals surface area (Å²) in [5.41, 5.74) is 4.50. The van der Waals surface area contributed by atoms with Crippen LogP contribution in [0.1, 0.15) is 23.5 Å². The maximum atomic E-state index is 12.5. The molecule has 4 heterocycles. The van der Waals surface area contributed by atoms with Gasteiger partial charge in [0.15, 0.2) is 11.7 Å². The summed E-state index contributed by atoms with van der Waals surface area (Å²) < 4.78 is 7.70. The molecule has 2 N–H and O–H groups in total. The average molecular weight is 547 g/mol. The summed E-state index contributed by atoms with van der Waals surface area (Å²) in [6.45, 7) is -0.0777. The Labute approximate surface area is 237 Å². The normalized spacial score (nSPS) is 16.4. The van der Waals surface area contributed by atoms with Crippen LogP contribution in [0.4, 0.5) is 11.4 Å². The molecule has 6 rings (SSSR count). The number of carbonyl (C=O) groups excluding carboxylic acids is 1. The molecule has 0 saturated carbocycles. The Morgan fingerprint density at radius 3 is 2.40 bits per heavy atom. The first-order chi connectivity index (χ1) is 19.7. The fourth-order valence-electron chi connectivity index (χ4n) is 4.88. The maximum Gasteiger partial charge on any atom is 0.262 e. The minimum absolute atomic E-state index is 0.0777. The molecule has 1 fully saturated rings. The van der Waals surface area contributed by atoms with Crippen molar-refractivity contribution in [2.45, 2.75) is 12.1 Å². The van der Waals surface area contributed by atoms with Crippen LogP contribution >= 0.6 is 12.2 Å². The topological polar surface area (TPSA) is 84.3 Å². The molecule has 3 aromatic heterocycles. The van der Waals surface area contributed by atoms with Gasteiger partial charge < -0.3 is 24.8 Å². The largest absolute Gasteiger partial charge is 0.484 e. The molecule has 1 amide bonds. The smallest absolute Gasteiger partial charge is 0.262 e. The van der Waals surface area contributed by atoms with Gasteiger partial charge in [-0.25, -0.2) is 0 Å². The number of anilines is 2. The van der Waals surface area contributed by atoms with E-state index in [1.165, 1.54) is 0 Å². The number of para-hydroxylation sites is 1. The Balaban J connectivity index is 1.27. The van der Waals surface area contributed by atoms with E-state index in [1.807, 2.05) is 97.2 Å². The van der Waals surface area contributed by atoms with Crippen molar-refractivity contribution < 1.29 is 9.53 Å². The lowest BCUT2D eigenvalue weighted by Gasteiger charge is -2.29. The number of aromatic nitrogens is 3. The molecule has 1 aliphatic heterocycles. The number of hydrogen-bond donors (Lipinski definition) is 2. The van der Waals surface area contributed by atoms with Crippen LogP contribution in [0.5, 0.6) is 5.75 Å². The monoisotopic (exact) mass is 546 g/mol. The molecule has 0 unspecified atom stereocenters. The molecule has 0 aliphatic carbocycles. The maximum absolute atomic E-state index is 12.5. The number of rotatable bonds is 8. The van der Waals surface area contributed by atoms with Gasteiger partial charge in [-0.3, -0.25) is 14.8 Å². The first-order valence-corrected chi connectivity index (χ1v) is 13.2. The number of hydrogen-bond acceptors (Lipinski definition) is 5. The number of thiocarbonyl (C=S) groups is 1. The third kappa shape index (κ3) is 5.27. The van der Waals surface area contributed by atoms with E-state index in [0.29, 0.717) is 16.5 Å². The number of nitrogens with zero attached hydrogens (tertiary/aromatic N) is 4. The van der Waals surface area contributed by atoms with Crippen LogP contribution in [-0.4, -0.2) is 32.2 Å². The van der Waals surface area contributed by atoms with Crippen molar-refractivity contribution in [1.82, 2.24) is 19.9 Å². The zero-order chi connectivity index (χ0) is 27.3. The Hall–Kier alpha value is -5.02. The summed E-state index contributed by atoms with van der Waals surface area (Å²) in [7, 11) is 0. The van der Waals surface area contributed by atoms with Crippen molar-refractivity contribution in [1.29, 1.82) is 0 Å². The van der Waals surface area contributed by atoms with Gasteiger partial charge in [0.05, 0.1) is 11.7 Å². The molecule has 1 saturated heterocycles. The third-order valence-electron chi connectivity index (χ3n) is 6.66. The van der Waals surface area contributed by atoms with Gasteiger partial charge in [0, 0.05) is 47.5 Å². The van der Waals surface area contributed by atoms with Crippen molar-refractivity contribution in [3.8, 4) is 11.4 Å². The van der Waals surface area contributed by atoms with Crippen molar-refractivity contribution in [3.05, 3.63) is 133 Å². The van der Waals surface area contributed by atoms with Gasteiger partial charge in [-0.15, -0.1) is 0 Å². The van der Waals surface area contributed by atoms with Crippen LogP contribution in [0.25, 0.3) is 5.69 Å². The van der Waals surface area contributed by atoms with E-state index >= 15 is 0 Å². The van der Waals surface area contributed by atoms with E-state index in [1.54, 1.807) is 18.6 Å². The predicted octanol–water partition coefficient (Wildman–Crippen LogP) is 5.46. The highest BCUT2D eigenvalue weighted by Gasteiger charge is 2.42.